The quantitative estimate of drug-likeness (QED) is 0.351. The minimum absolute atomic E-state index is 0.162. The zero-order chi connectivity index (χ0) is 24.5. The monoisotopic (exact) mass is 488 g/mol. The van der Waals surface area contributed by atoms with Crippen LogP contribution in [0.1, 0.15) is 46.7 Å². The smallest absolute Gasteiger partial charge is 0.385 e. The molecular weight excluding hydrogens is 461 g/mol. The highest BCUT2D eigenvalue weighted by Crippen LogP contribution is 2.41. The van der Waals surface area contributed by atoms with Crippen LogP contribution in [0.4, 0.5) is 13.2 Å². The molecule has 0 aliphatic carbocycles. The van der Waals surface area contributed by atoms with Crippen LogP contribution in [0, 0.1) is 13.8 Å². The van der Waals surface area contributed by atoms with Crippen molar-refractivity contribution in [2.24, 2.45) is 0 Å². The fourth-order valence-corrected chi connectivity index (χ4v) is 5.00. The molecule has 0 saturated carbocycles. The summed E-state index contributed by atoms with van der Waals surface area (Å²) >= 11 is 5.69. The summed E-state index contributed by atoms with van der Waals surface area (Å²) in [7, 11) is 1.66. The van der Waals surface area contributed by atoms with Gasteiger partial charge in [0.25, 0.3) is 0 Å². The topological polar surface area (TPSA) is 42.3 Å². The zero-order valence-corrected chi connectivity index (χ0v) is 20.1. The highest BCUT2D eigenvalue weighted by Gasteiger charge is 2.41. The molecule has 9 heteroatoms. The lowest BCUT2D eigenvalue weighted by Crippen LogP contribution is -2.31. The number of rotatable bonds is 7. The fraction of sp³-hybridized carbons (Fsp3) is 0.360. The number of aromatic nitrogens is 2. The van der Waals surface area contributed by atoms with Gasteiger partial charge in [-0.1, -0.05) is 12.1 Å². The first-order chi connectivity index (χ1) is 16.2. The van der Waals surface area contributed by atoms with E-state index >= 15 is 0 Å². The number of aryl methyl sites for hydroxylation is 1. The Hall–Kier alpha value is -2.91. The van der Waals surface area contributed by atoms with Gasteiger partial charge in [0, 0.05) is 43.5 Å². The number of thiocarbonyl (C=S) groups is 1. The van der Waals surface area contributed by atoms with Gasteiger partial charge in [0.05, 0.1) is 23.3 Å². The summed E-state index contributed by atoms with van der Waals surface area (Å²) in [5.74, 6) is 0. The summed E-state index contributed by atoms with van der Waals surface area (Å²) in [6.45, 7) is 5.12. The number of benzene rings is 1. The number of ether oxygens (including phenoxy) is 1. The van der Waals surface area contributed by atoms with Gasteiger partial charge in [-0.2, -0.15) is 13.2 Å². The van der Waals surface area contributed by atoms with E-state index in [4.69, 9.17) is 17.0 Å². The number of hydrogen-bond donors (Lipinski definition) is 1. The number of nitrogens with one attached hydrogen (secondary N) is 1. The molecule has 1 saturated heterocycles. The second-order valence-electron chi connectivity index (χ2n) is 8.38. The predicted octanol–water partition coefficient (Wildman–Crippen LogP) is 5.52. The second-order valence-corrected chi connectivity index (χ2v) is 8.76. The van der Waals surface area contributed by atoms with E-state index in [9.17, 15) is 13.2 Å². The van der Waals surface area contributed by atoms with Crippen molar-refractivity contribution >= 4 is 17.3 Å². The molecule has 4 rings (SSSR count). The van der Waals surface area contributed by atoms with Gasteiger partial charge in [-0.3, -0.25) is 4.98 Å². The van der Waals surface area contributed by atoms with Crippen LogP contribution >= 0.6 is 12.2 Å². The Morgan fingerprint density at radius 1 is 1.12 bits per heavy atom. The SMILES string of the molecule is COCCCN1C(=S)N[C@H](c2ccccn2)[C@@H]1c1cc(C)n(-c2cccc(C(F)(F)F)c2)c1C. The van der Waals surface area contributed by atoms with Crippen molar-refractivity contribution < 1.29 is 17.9 Å². The Morgan fingerprint density at radius 2 is 1.91 bits per heavy atom. The second kappa shape index (κ2) is 9.76. The van der Waals surface area contributed by atoms with Crippen molar-refractivity contribution in [3.63, 3.8) is 0 Å². The van der Waals surface area contributed by atoms with Gasteiger partial charge in [-0.05, 0) is 74.4 Å². The van der Waals surface area contributed by atoms with E-state index in [1.165, 1.54) is 12.1 Å². The van der Waals surface area contributed by atoms with E-state index in [2.05, 4.69) is 15.2 Å². The molecule has 2 atom stereocenters. The molecule has 180 valence electrons. The van der Waals surface area contributed by atoms with Gasteiger partial charge in [0.15, 0.2) is 5.11 Å². The van der Waals surface area contributed by atoms with E-state index in [0.717, 1.165) is 35.1 Å². The maximum atomic E-state index is 13.4. The van der Waals surface area contributed by atoms with Crippen LogP contribution in [0.3, 0.4) is 0 Å². The lowest BCUT2D eigenvalue weighted by atomic mass is 9.96. The van der Waals surface area contributed by atoms with Crippen molar-refractivity contribution in [1.29, 1.82) is 0 Å². The van der Waals surface area contributed by atoms with Crippen molar-refractivity contribution in [1.82, 2.24) is 19.8 Å². The standard InChI is InChI=1S/C25H27F3N4OS/c1-16-14-20(17(2)32(16)19-9-6-8-18(15-19)25(26,27)28)23-22(21-10-4-5-11-29-21)30-24(34)31(23)12-7-13-33-3/h4-6,8-11,14-15,22-23H,7,12-13H2,1-3H3,(H,30,34)/t22-,23+/m1/s1. The molecule has 0 spiro atoms. The van der Waals surface area contributed by atoms with Gasteiger partial charge in [0.1, 0.15) is 0 Å². The summed E-state index contributed by atoms with van der Waals surface area (Å²) in [4.78, 5) is 6.68. The Morgan fingerprint density at radius 3 is 2.59 bits per heavy atom. The number of alkyl halides is 3. The average Bonchev–Trinajstić information content (AvgIpc) is 3.29. The number of halogens is 3. The van der Waals surface area contributed by atoms with Crippen molar-refractivity contribution in [3.05, 3.63) is 82.9 Å². The molecule has 1 fully saturated rings. The first kappa shape index (κ1) is 24.2. The van der Waals surface area contributed by atoms with Crippen LogP contribution in [0.2, 0.25) is 0 Å². The summed E-state index contributed by atoms with van der Waals surface area (Å²) in [5, 5.41) is 4.04. The van der Waals surface area contributed by atoms with Gasteiger partial charge in [-0.25, -0.2) is 0 Å². The fourth-order valence-electron chi connectivity index (χ4n) is 4.67. The Bertz CT molecular complexity index is 1160. The number of pyridine rings is 1. The minimum atomic E-state index is -4.41. The highest BCUT2D eigenvalue weighted by molar-refractivity contribution is 7.80. The molecule has 0 bridgehead atoms. The van der Waals surface area contributed by atoms with Crippen LogP contribution in [0.15, 0.2) is 54.7 Å². The molecule has 0 amide bonds. The molecule has 1 aliphatic rings. The van der Waals surface area contributed by atoms with Crippen LogP contribution < -0.4 is 5.32 Å². The summed E-state index contributed by atoms with van der Waals surface area (Å²) in [6, 6.07) is 12.9. The molecular formula is C25H27F3N4OS. The van der Waals surface area contributed by atoms with Crippen LogP contribution in [-0.4, -0.2) is 39.8 Å². The Labute approximate surface area is 202 Å². The van der Waals surface area contributed by atoms with Gasteiger partial charge in [0.2, 0.25) is 0 Å². The lowest BCUT2D eigenvalue weighted by Gasteiger charge is -2.28. The minimum Gasteiger partial charge on any atom is -0.385 e. The molecule has 1 N–H and O–H groups in total. The Kier molecular flexibility index (Phi) is 6.95. The third-order valence-electron chi connectivity index (χ3n) is 6.17. The van der Waals surface area contributed by atoms with E-state index in [1.807, 2.05) is 42.7 Å². The van der Waals surface area contributed by atoms with Crippen LogP contribution in [0.25, 0.3) is 5.69 Å². The number of nitrogens with zero attached hydrogens (tertiary/aromatic N) is 3. The molecule has 0 radical (unpaired) electrons. The van der Waals surface area contributed by atoms with E-state index < -0.39 is 11.7 Å². The zero-order valence-electron chi connectivity index (χ0n) is 19.3. The molecule has 5 nitrogen and oxygen atoms in total. The number of hydrogen-bond acceptors (Lipinski definition) is 3. The largest absolute Gasteiger partial charge is 0.416 e. The van der Waals surface area contributed by atoms with Gasteiger partial charge >= 0.3 is 6.18 Å². The molecule has 1 aromatic carbocycles. The summed E-state index contributed by atoms with van der Waals surface area (Å²) in [5.41, 5.74) is 3.37. The molecule has 3 aromatic rings. The maximum absolute atomic E-state index is 13.4. The van der Waals surface area contributed by atoms with Crippen LogP contribution in [0.5, 0.6) is 0 Å². The first-order valence-corrected chi connectivity index (χ1v) is 11.5. The molecule has 34 heavy (non-hydrogen) atoms. The normalized spacial score (nSPS) is 18.4. The van der Waals surface area contributed by atoms with Gasteiger partial charge in [-0.15, -0.1) is 0 Å². The first-order valence-electron chi connectivity index (χ1n) is 11.1. The molecule has 1 aliphatic heterocycles. The van der Waals surface area contributed by atoms with Gasteiger partial charge < -0.3 is 19.5 Å². The Balaban J connectivity index is 1.79. The van der Waals surface area contributed by atoms with Crippen LogP contribution in [-0.2, 0) is 10.9 Å². The third-order valence-corrected chi connectivity index (χ3v) is 6.52. The van der Waals surface area contributed by atoms with Crippen molar-refractivity contribution in [2.45, 2.75) is 38.5 Å². The van der Waals surface area contributed by atoms with E-state index in [0.29, 0.717) is 24.0 Å². The predicted molar refractivity (Wildman–Crippen MR) is 129 cm³/mol. The number of methoxy groups -OCH3 is 1. The summed E-state index contributed by atoms with van der Waals surface area (Å²) in [6.07, 6.45) is -1.87. The summed E-state index contributed by atoms with van der Waals surface area (Å²) < 4.78 is 47.2. The average molecular weight is 489 g/mol. The maximum Gasteiger partial charge on any atom is 0.416 e. The van der Waals surface area contributed by atoms with Crippen molar-refractivity contribution in [2.75, 3.05) is 20.3 Å². The highest BCUT2D eigenvalue weighted by atomic mass is 32.1. The molecule has 2 aromatic heterocycles. The molecule has 3 heterocycles. The van der Waals surface area contributed by atoms with E-state index in [-0.39, 0.29) is 12.1 Å². The molecule has 0 unspecified atom stereocenters. The third kappa shape index (κ3) is 4.67. The van der Waals surface area contributed by atoms with Crippen molar-refractivity contribution in [3.8, 4) is 5.69 Å². The van der Waals surface area contributed by atoms with E-state index in [1.54, 1.807) is 19.4 Å². The lowest BCUT2D eigenvalue weighted by molar-refractivity contribution is -0.137.